The first-order valence-corrected chi connectivity index (χ1v) is 5.86. The monoisotopic (exact) mass is 296 g/mol. The maximum Gasteiger partial charge on any atom is 0.418 e. The van der Waals surface area contributed by atoms with Crippen LogP contribution in [0.4, 0.5) is 24.7 Å². The Morgan fingerprint density at radius 1 is 1.19 bits per heavy atom. The number of amides is 1. The Hall–Kier alpha value is -2.64. The zero-order valence-electron chi connectivity index (χ0n) is 10.9. The predicted octanol–water partition coefficient (Wildman–Crippen LogP) is 2.70. The Kier molecular flexibility index (Phi) is 3.79. The number of halogens is 3. The average molecular weight is 296 g/mol. The quantitative estimate of drug-likeness (QED) is 0.892. The van der Waals surface area contributed by atoms with E-state index in [-0.39, 0.29) is 22.8 Å². The van der Waals surface area contributed by atoms with Gasteiger partial charge in [-0.2, -0.15) is 13.2 Å². The second-order valence-electron chi connectivity index (χ2n) is 4.28. The first-order chi connectivity index (χ1) is 9.77. The summed E-state index contributed by atoms with van der Waals surface area (Å²) in [6.07, 6.45) is -4.60. The molecule has 110 valence electrons. The van der Waals surface area contributed by atoms with Crippen LogP contribution in [-0.4, -0.2) is 16.1 Å². The Bertz CT molecular complexity index is 668. The first kappa shape index (κ1) is 14.8. The highest BCUT2D eigenvalue weighted by atomic mass is 19.4. The summed E-state index contributed by atoms with van der Waals surface area (Å²) in [6, 6.07) is 6.41. The van der Waals surface area contributed by atoms with Crippen LogP contribution < -0.4 is 11.1 Å². The molecule has 0 aliphatic carbocycles. The molecule has 0 spiro atoms. The number of nitrogens with two attached hydrogens (primary N) is 1. The molecule has 1 amide bonds. The third-order valence-electron chi connectivity index (χ3n) is 2.62. The molecule has 3 N–H and O–H groups in total. The van der Waals surface area contributed by atoms with E-state index in [4.69, 9.17) is 5.73 Å². The lowest BCUT2D eigenvalue weighted by Gasteiger charge is -2.14. The number of hydrogen-bond donors (Lipinski definition) is 2. The van der Waals surface area contributed by atoms with Crippen molar-refractivity contribution in [1.82, 2.24) is 10.2 Å². The van der Waals surface area contributed by atoms with E-state index in [1.165, 1.54) is 24.3 Å². The summed E-state index contributed by atoms with van der Waals surface area (Å²) in [5.74, 6) is -0.412. The van der Waals surface area contributed by atoms with Crippen molar-refractivity contribution in [3.05, 3.63) is 35.9 Å². The molecule has 8 heteroatoms. The van der Waals surface area contributed by atoms with Gasteiger partial charge in [0, 0.05) is 12.5 Å². The number of benzene rings is 1. The summed E-state index contributed by atoms with van der Waals surface area (Å²) < 4.78 is 39.2. The van der Waals surface area contributed by atoms with Crippen molar-refractivity contribution in [3.8, 4) is 11.3 Å². The zero-order chi connectivity index (χ0) is 15.6. The molecular formula is C13H11F3N4O. The van der Waals surface area contributed by atoms with Crippen LogP contribution >= 0.6 is 0 Å². The minimum Gasteiger partial charge on any atom is -0.382 e. The van der Waals surface area contributed by atoms with Gasteiger partial charge < -0.3 is 11.1 Å². The molecule has 0 radical (unpaired) electrons. The standard InChI is InChI=1S/C13H11F3N4O/c1-7(21)18-11-3-2-8(6-9(11)13(14,15)16)10-4-5-12(17)20-19-10/h2-6H,1H3,(H2,17,20)(H,18,21). The predicted molar refractivity (Wildman–Crippen MR) is 71.2 cm³/mol. The summed E-state index contributed by atoms with van der Waals surface area (Å²) in [7, 11) is 0. The lowest BCUT2D eigenvalue weighted by atomic mass is 10.1. The molecule has 0 aliphatic rings. The van der Waals surface area contributed by atoms with Crippen LogP contribution in [-0.2, 0) is 11.0 Å². The Balaban J connectivity index is 2.51. The van der Waals surface area contributed by atoms with E-state index < -0.39 is 17.6 Å². The van der Waals surface area contributed by atoms with Gasteiger partial charge in [-0.25, -0.2) is 0 Å². The van der Waals surface area contributed by atoms with Crippen molar-refractivity contribution >= 4 is 17.4 Å². The lowest BCUT2D eigenvalue weighted by Crippen LogP contribution is -2.14. The van der Waals surface area contributed by atoms with Crippen molar-refractivity contribution in [1.29, 1.82) is 0 Å². The van der Waals surface area contributed by atoms with Gasteiger partial charge in [0.25, 0.3) is 0 Å². The normalized spacial score (nSPS) is 11.2. The number of carbonyl (C=O) groups excluding carboxylic acids is 1. The molecule has 0 bridgehead atoms. The number of nitrogens with zero attached hydrogens (tertiary/aromatic N) is 2. The molecule has 2 aromatic rings. The van der Waals surface area contributed by atoms with Crippen LogP contribution in [0.3, 0.4) is 0 Å². The van der Waals surface area contributed by atoms with Gasteiger partial charge in [0.1, 0.15) is 5.82 Å². The van der Waals surface area contributed by atoms with E-state index in [0.29, 0.717) is 0 Å². The van der Waals surface area contributed by atoms with E-state index in [1.807, 2.05) is 0 Å². The second kappa shape index (κ2) is 5.39. The molecule has 0 saturated heterocycles. The van der Waals surface area contributed by atoms with E-state index in [2.05, 4.69) is 15.5 Å². The molecular weight excluding hydrogens is 285 g/mol. The number of carbonyl (C=O) groups is 1. The topological polar surface area (TPSA) is 80.9 Å². The Labute approximate surface area is 118 Å². The maximum atomic E-state index is 13.1. The molecule has 21 heavy (non-hydrogen) atoms. The van der Waals surface area contributed by atoms with Crippen molar-refractivity contribution in [2.45, 2.75) is 13.1 Å². The van der Waals surface area contributed by atoms with E-state index in [9.17, 15) is 18.0 Å². The molecule has 0 atom stereocenters. The Morgan fingerprint density at radius 3 is 2.43 bits per heavy atom. The van der Waals surface area contributed by atoms with Crippen LogP contribution in [0.1, 0.15) is 12.5 Å². The molecule has 0 saturated carbocycles. The van der Waals surface area contributed by atoms with Crippen LogP contribution in [0.15, 0.2) is 30.3 Å². The van der Waals surface area contributed by atoms with Crippen molar-refractivity contribution in [2.24, 2.45) is 0 Å². The molecule has 1 heterocycles. The van der Waals surface area contributed by atoms with Crippen molar-refractivity contribution < 1.29 is 18.0 Å². The van der Waals surface area contributed by atoms with Gasteiger partial charge in [-0.05, 0) is 24.3 Å². The molecule has 5 nitrogen and oxygen atoms in total. The molecule has 1 aromatic heterocycles. The number of rotatable bonds is 2. The molecule has 1 aromatic carbocycles. The van der Waals surface area contributed by atoms with Crippen molar-refractivity contribution in [2.75, 3.05) is 11.1 Å². The van der Waals surface area contributed by atoms with Gasteiger partial charge >= 0.3 is 6.18 Å². The van der Waals surface area contributed by atoms with Gasteiger partial charge in [0.2, 0.25) is 5.91 Å². The number of nitrogen functional groups attached to an aromatic ring is 1. The number of aromatic nitrogens is 2. The molecule has 0 fully saturated rings. The van der Waals surface area contributed by atoms with Gasteiger partial charge in [0.05, 0.1) is 16.9 Å². The van der Waals surface area contributed by atoms with E-state index in [1.54, 1.807) is 0 Å². The maximum absolute atomic E-state index is 13.1. The van der Waals surface area contributed by atoms with Gasteiger partial charge in [-0.3, -0.25) is 4.79 Å². The Morgan fingerprint density at radius 2 is 1.90 bits per heavy atom. The second-order valence-corrected chi connectivity index (χ2v) is 4.28. The minimum atomic E-state index is -4.60. The first-order valence-electron chi connectivity index (χ1n) is 5.86. The third kappa shape index (κ3) is 3.47. The number of anilines is 2. The van der Waals surface area contributed by atoms with Crippen LogP contribution in [0.5, 0.6) is 0 Å². The smallest absolute Gasteiger partial charge is 0.382 e. The van der Waals surface area contributed by atoms with E-state index >= 15 is 0 Å². The van der Waals surface area contributed by atoms with Gasteiger partial charge in [-0.15, -0.1) is 10.2 Å². The van der Waals surface area contributed by atoms with Crippen molar-refractivity contribution in [3.63, 3.8) is 0 Å². The SMILES string of the molecule is CC(=O)Nc1ccc(-c2ccc(N)nn2)cc1C(F)(F)F. The highest BCUT2D eigenvalue weighted by Crippen LogP contribution is 2.37. The summed E-state index contributed by atoms with van der Waals surface area (Å²) in [6.45, 7) is 1.14. The number of nitrogens with one attached hydrogen (secondary N) is 1. The molecule has 0 aliphatic heterocycles. The summed E-state index contributed by atoms with van der Waals surface area (Å²) in [4.78, 5) is 11.0. The fourth-order valence-corrected chi connectivity index (χ4v) is 1.73. The average Bonchev–Trinajstić information content (AvgIpc) is 2.38. The molecule has 0 unspecified atom stereocenters. The minimum absolute atomic E-state index is 0.171. The fraction of sp³-hybridized carbons (Fsp3) is 0.154. The highest BCUT2D eigenvalue weighted by Gasteiger charge is 2.34. The highest BCUT2D eigenvalue weighted by molar-refractivity contribution is 5.90. The number of alkyl halides is 3. The zero-order valence-corrected chi connectivity index (χ0v) is 10.9. The van der Waals surface area contributed by atoms with Gasteiger partial charge in [0.15, 0.2) is 0 Å². The summed E-state index contributed by atoms with van der Waals surface area (Å²) in [5, 5.41) is 9.48. The largest absolute Gasteiger partial charge is 0.418 e. The summed E-state index contributed by atoms with van der Waals surface area (Å²) in [5.41, 5.74) is 4.61. The fourth-order valence-electron chi connectivity index (χ4n) is 1.73. The van der Waals surface area contributed by atoms with Crippen LogP contribution in [0.2, 0.25) is 0 Å². The lowest BCUT2D eigenvalue weighted by molar-refractivity contribution is -0.136. The van der Waals surface area contributed by atoms with Gasteiger partial charge in [-0.1, -0.05) is 6.07 Å². The van der Waals surface area contributed by atoms with E-state index in [0.717, 1.165) is 13.0 Å². The van der Waals surface area contributed by atoms with Crippen LogP contribution in [0, 0.1) is 0 Å². The number of hydrogen-bond acceptors (Lipinski definition) is 4. The summed E-state index contributed by atoms with van der Waals surface area (Å²) >= 11 is 0. The van der Waals surface area contributed by atoms with Crippen LogP contribution in [0.25, 0.3) is 11.3 Å². The molecule has 2 rings (SSSR count). The third-order valence-corrected chi connectivity index (χ3v) is 2.62.